The number of thiophene rings is 1. The number of hydrogen-bond donors (Lipinski definition) is 1. The van der Waals surface area contributed by atoms with Crippen molar-refractivity contribution in [3.63, 3.8) is 0 Å². The van der Waals surface area contributed by atoms with Crippen LogP contribution in [0, 0.1) is 0 Å². The molecule has 6 heteroatoms. The third-order valence-corrected chi connectivity index (χ3v) is 4.05. The van der Waals surface area contributed by atoms with Crippen molar-refractivity contribution in [3.8, 4) is 0 Å². The lowest BCUT2D eigenvalue weighted by Crippen LogP contribution is -2.16. The van der Waals surface area contributed by atoms with E-state index in [2.05, 4.69) is 5.32 Å². The van der Waals surface area contributed by atoms with Crippen molar-refractivity contribution in [2.45, 2.75) is 12.6 Å². The Morgan fingerprint density at radius 1 is 1.44 bits per heavy atom. The van der Waals surface area contributed by atoms with Crippen LogP contribution in [0.4, 0.5) is 0 Å². The van der Waals surface area contributed by atoms with Gasteiger partial charge in [0.1, 0.15) is 18.1 Å². The second-order valence-electron chi connectivity index (χ2n) is 3.74. The molecule has 18 heavy (non-hydrogen) atoms. The average Bonchev–Trinajstić information content (AvgIpc) is 2.89. The van der Waals surface area contributed by atoms with Gasteiger partial charge in [-0.2, -0.15) is 0 Å². The molecule has 0 aliphatic carbocycles. The van der Waals surface area contributed by atoms with Gasteiger partial charge in [-0.15, -0.1) is 11.3 Å². The molecule has 0 radical (unpaired) electrons. The average molecular weight is 306 g/mol. The maximum Gasteiger partial charge on any atom is 0.129 e. The van der Waals surface area contributed by atoms with Gasteiger partial charge < -0.3 is 14.5 Å². The molecule has 1 unspecified atom stereocenters. The standard InChI is InChI=1S/C12H13Cl2NO2S/c1-15-11(8-5-10(13)18-12(8)14)9-4-3-7(17-9)6-16-2/h3-5,11,15H,6H2,1-2H3. The van der Waals surface area contributed by atoms with Crippen molar-refractivity contribution in [1.82, 2.24) is 5.32 Å². The van der Waals surface area contributed by atoms with Crippen LogP contribution >= 0.6 is 34.5 Å². The maximum absolute atomic E-state index is 6.16. The summed E-state index contributed by atoms with van der Waals surface area (Å²) in [4.78, 5) is 0. The Morgan fingerprint density at radius 3 is 2.78 bits per heavy atom. The number of furan rings is 1. The number of halogens is 2. The van der Waals surface area contributed by atoms with E-state index in [4.69, 9.17) is 32.4 Å². The van der Waals surface area contributed by atoms with E-state index < -0.39 is 0 Å². The van der Waals surface area contributed by atoms with Gasteiger partial charge >= 0.3 is 0 Å². The first-order valence-corrected chi connectivity index (χ1v) is 6.92. The number of ether oxygens (including phenoxy) is 1. The summed E-state index contributed by atoms with van der Waals surface area (Å²) in [7, 11) is 3.48. The van der Waals surface area contributed by atoms with Crippen molar-refractivity contribution < 1.29 is 9.15 Å². The van der Waals surface area contributed by atoms with E-state index in [1.54, 1.807) is 7.11 Å². The molecule has 2 heterocycles. The summed E-state index contributed by atoms with van der Waals surface area (Å²) < 4.78 is 12.1. The number of rotatable bonds is 5. The molecule has 3 nitrogen and oxygen atoms in total. The lowest BCUT2D eigenvalue weighted by molar-refractivity contribution is 0.162. The van der Waals surface area contributed by atoms with Gasteiger partial charge in [-0.25, -0.2) is 0 Å². The summed E-state index contributed by atoms with van der Waals surface area (Å²) in [6, 6.07) is 5.56. The van der Waals surface area contributed by atoms with Gasteiger partial charge in [0.05, 0.1) is 14.7 Å². The molecule has 2 rings (SSSR count). The van der Waals surface area contributed by atoms with Crippen LogP contribution in [-0.4, -0.2) is 14.2 Å². The van der Waals surface area contributed by atoms with Gasteiger partial charge in [-0.05, 0) is 25.2 Å². The predicted octanol–water partition coefficient (Wildman–Crippen LogP) is 4.10. The van der Waals surface area contributed by atoms with Crippen LogP contribution < -0.4 is 5.32 Å². The van der Waals surface area contributed by atoms with E-state index in [-0.39, 0.29) is 6.04 Å². The predicted molar refractivity (Wildman–Crippen MR) is 74.7 cm³/mol. The Balaban J connectivity index is 2.29. The molecule has 1 N–H and O–H groups in total. The number of methoxy groups -OCH3 is 1. The van der Waals surface area contributed by atoms with Crippen LogP contribution in [0.1, 0.15) is 23.1 Å². The van der Waals surface area contributed by atoms with Gasteiger partial charge in [0, 0.05) is 12.7 Å². The van der Waals surface area contributed by atoms with Crippen molar-refractivity contribution in [2.24, 2.45) is 0 Å². The highest BCUT2D eigenvalue weighted by Gasteiger charge is 2.21. The first-order valence-electron chi connectivity index (χ1n) is 5.35. The smallest absolute Gasteiger partial charge is 0.129 e. The summed E-state index contributed by atoms with van der Waals surface area (Å²) >= 11 is 13.5. The van der Waals surface area contributed by atoms with Crippen LogP contribution in [-0.2, 0) is 11.3 Å². The Labute approximate surface area is 120 Å². The fourth-order valence-corrected chi connectivity index (χ4v) is 3.30. The van der Waals surface area contributed by atoms with Crippen LogP contribution in [0.15, 0.2) is 22.6 Å². The summed E-state index contributed by atoms with van der Waals surface area (Å²) in [6.07, 6.45) is 0. The largest absolute Gasteiger partial charge is 0.462 e. The molecule has 2 aromatic heterocycles. The van der Waals surface area contributed by atoms with E-state index in [9.17, 15) is 0 Å². The molecule has 0 fully saturated rings. The molecule has 1 atom stereocenters. The fourth-order valence-electron chi connectivity index (χ4n) is 1.77. The first kappa shape index (κ1) is 13.9. The third kappa shape index (κ3) is 2.90. The zero-order valence-corrected chi connectivity index (χ0v) is 12.3. The second-order valence-corrected chi connectivity index (χ2v) is 6.02. The lowest BCUT2D eigenvalue weighted by Gasteiger charge is -2.12. The Kier molecular flexibility index (Phi) is 4.70. The molecule has 0 aliphatic heterocycles. The summed E-state index contributed by atoms with van der Waals surface area (Å²) in [5.74, 6) is 1.58. The quantitative estimate of drug-likeness (QED) is 0.903. The Morgan fingerprint density at radius 2 is 2.22 bits per heavy atom. The highest BCUT2D eigenvalue weighted by molar-refractivity contribution is 7.20. The number of nitrogens with one attached hydrogen (secondary N) is 1. The zero-order chi connectivity index (χ0) is 13.1. The van der Waals surface area contributed by atoms with Gasteiger partial charge in [0.15, 0.2) is 0 Å². The highest BCUT2D eigenvalue weighted by atomic mass is 35.5. The van der Waals surface area contributed by atoms with Crippen LogP contribution in [0.3, 0.4) is 0 Å². The monoisotopic (exact) mass is 305 g/mol. The van der Waals surface area contributed by atoms with Crippen molar-refractivity contribution in [2.75, 3.05) is 14.2 Å². The molecular formula is C12H13Cl2NO2S. The molecule has 2 aromatic rings. The van der Waals surface area contributed by atoms with E-state index in [1.165, 1.54) is 11.3 Å². The first-order chi connectivity index (χ1) is 8.65. The van der Waals surface area contributed by atoms with Crippen molar-refractivity contribution in [3.05, 3.63) is 44.0 Å². The fraction of sp³-hybridized carbons (Fsp3) is 0.333. The molecule has 98 valence electrons. The minimum Gasteiger partial charge on any atom is -0.462 e. The van der Waals surface area contributed by atoms with Gasteiger partial charge in [-0.3, -0.25) is 0 Å². The summed E-state index contributed by atoms with van der Waals surface area (Å²) in [5, 5.41) is 3.17. The number of hydrogen-bond acceptors (Lipinski definition) is 4. The highest BCUT2D eigenvalue weighted by Crippen LogP contribution is 2.37. The van der Waals surface area contributed by atoms with Crippen LogP contribution in [0.25, 0.3) is 0 Å². The maximum atomic E-state index is 6.16. The molecule has 0 amide bonds. The molecule has 0 aromatic carbocycles. The molecule has 0 bridgehead atoms. The van der Waals surface area contributed by atoms with E-state index in [0.29, 0.717) is 15.3 Å². The van der Waals surface area contributed by atoms with Gasteiger partial charge in [0.2, 0.25) is 0 Å². The van der Waals surface area contributed by atoms with Crippen molar-refractivity contribution >= 4 is 34.5 Å². The zero-order valence-electron chi connectivity index (χ0n) is 10.00. The summed E-state index contributed by atoms with van der Waals surface area (Å²) in [6.45, 7) is 0.453. The Hall–Kier alpha value is -0.520. The van der Waals surface area contributed by atoms with Gasteiger partial charge in [0.25, 0.3) is 0 Å². The second kappa shape index (κ2) is 6.08. The van der Waals surface area contributed by atoms with E-state index in [0.717, 1.165) is 17.1 Å². The molecule has 0 saturated heterocycles. The summed E-state index contributed by atoms with van der Waals surface area (Å²) in [5.41, 5.74) is 0.924. The van der Waals surface area contributed by atoms with Crippen molar-refractivity contribution in [1.29, 1.82) is 0 Å². The minimum atomic E-state index is -0.105. The molecule has 0 saturated carbocycles. The SMILES string of the molecule is CNC(c1ccc(COC)o1)c1cc(Cl)sc1Cl. The Bertz CT molecular complexity index is 524. The normalized spacial score (nSPS) is 12.9. The van der Waals surface area contributed by atoms with Crippen LogP contribution in [0.2, 0.25) is 8.67 Å². The van der Waals surface area contributed by atoms with Gasteiger partial charge in [-0.1, -0.05) is 23.2 Å². The van der Waals surface area contributed by atoms with E-state index >= 15 is 0 Å². The molecule has 0 spiro atoms. The third-order valence-electron chi connectivity index (χ3n) is 2.54. The van der Waals surface area contributed by atoms with Crippen LogP contribution in [0.5, 0.6) is 0 Å². The molecule has 0 aliphatic rings. The molecular weight excluding hydrogens is 293 g/mol. The minimum absolute atomic E-state index is 0.105. The topological polar surface area (TPSA) is 34.4 Å². The van der Waals surface area contributed by atoms with E-state index in [1.807, 2.05) is 25.2 Å². The lowest BCUT2D eigenvalue weighted by atomic mass is 10.1.